The summed E-state index contributed by atoms with van der Waals surface area (Å²) in [4.78, 5) is 22.2. The molecule has 0 unspecified atom stereocenters. The van der Waals surface area contributed by atoms with Crippen LogP contribution < -0.4 is 5.32 Å². The molecule has 2 aliphatic rings. The number of fused-ring (bicyclic) bond motifs is 1. The fourth-order valence-corrected chi connectivity index (χ4v) is 4.97. The van der Waals surface area contributed by atoms with Gasteiger partial charge in [-0.25, -0.2) is 4.99 Å². The van der Waals surface area contributed by atoms with Crippen LogP contribution in [0.5, 0.6) is 5.75 Å². The number of amides is 1. The van der Waals surface area contributed by atoms with Gasteiger partial charge >= 0.3 is 0 Å². The summed E-state index contributed by atoms with van der Waals surface area (Å²) < 4.78 is 0. The van der Waals surface area contributed by atoms with Gasteiger partial charge in [0.25, 0.3) is 0 Å². The molecule has 5 heteroatoms. The molecule has 1 saturated carbocycles. The molecule has 1 fully saturated rings. The van der Waals surface area contributed by atoms with E-state index in [0.717, 1.165) is 47.7 Å². The third-order valence-electron chi connectivity index (χ3n) is 6.75. The van der Waals surface area contributed by atoms with Crippen molar-refractivity contribution in [2.75, 3.05) is 0 Å². The number of aryl methyl sites for hydroxylation is 1. The number of nitrogens with one attached hydrogen (secondary N) is 1. The van der Waals surface area contributed by atoms with E-state index in [1.165, 1.54) is 44.1 Å². The molecule has 178 valence electrons. The number of rotatable bonds is 7. The fourth-order valence-electron chi connectivity index (χ4n) is 4.97. The second-order valence-electron chi connectivity index (χ2n) is 9.43. The lowest BCUT2D eigenvalue weighted by molar-refractivity contribution is -0.119. The number of aliphatic imine (C=N–C) groups is 2. The average molecular weight is 458 g/mol. The van der Waals surface area contributed by atoms with E-state index < -0.39 is 0 Å². The number of nitrogens with zero attached hydrogens (tertiary/aromatic N) is 2. The highest BCUT2D eigenvalue weighted by Gasteiger charge is 2.19. The van der Waals surface area contributed by atoms with Gasteiger partial charge in [-0.1, -0.05) is 68.5 Å². The number of carbonyl (C=O) groups is 1. The van der Waals surface area contributed by atoms with Crippen LogP contribution in [-0.4, -0.2) is 23.1 Å². The predicted octanol–water partition coefficient (Wildman–Crippen LogP) is 6.22. The van der Waals surface area contributed by atoms with Crippen molar-refractivity contribution < 1.29 is 9.90 Å². The van der Waals surface area contributed by atoms with Gasteiger partial charge in [0, 0.05) is 11.8 Å². The maximum Gasteiger partial charge on any atom is 0.229 e. The van der Waals surface area contributed by atoms with Gasteiger partial charge in [0.05, 0.1) is 17.8 Å². The van der Waals surface area contributed by atoms with Crippen molar-refractivity contribution in [2.24, 2.45) is 15.9 Å². The van der Waals surface area contributed by atoms with Gasteiger partial charge in [0.1, 0.15) is 11.6 Å². The zero-order valence-corrected chi connectivity index (χ0v) is 20.1. The van der Waals surface area contributed by atoms with Crippen LogP contribution in [0.15, 0.2) is 64.2 Å². The van der Waals surface area contributed by atoms with Crippen LogP contribution in [0.3, 0.4) is 0 Å². The van der Waals surface area contributed by atoms with E-state index in [1.54, 1.807) is 24.3 Å². The number of hydrogen-bond acceptors (Lipinski definition) is 4. The standard InChI is InChI=1S/C29H35N3O2/c1-21(32-28(34)20-23-13-16-25(33)17-14-23)31-27-18-15-24-11-5-6-12-26(24)29(27)30-19-7-10-22-8-3-2-4-9-22/h5-6,11-14,16-17,19,22,33H,2-4,7-10,15,18,20H2,1H3,(H,31,32,34). The number of benzene rings is 2. The highest BCUT2D eigenvalue weighted by Crippen LogP contribution is 2.33. The van der Waals surface area contributed by atoms with E-state index in [-0.39, 0.29) is 18.1 Å². The Morgan fingerprint density at radius 3 is 2.62 bits per heavy atom. The molecular formula is C29H35N3O2. The summed E-state index contributed by atoms with van der Waals surface area (Å²) in [6.45, 7) is 1.83. The lowest BCUT2D eigenvalue weighted by Gasteiger charge is -2.21. The van der Waals surface area contributed by atoms with Crippen molar-refractivity contribution in [1.82, 2.24) is 5.32 Å². The lowest BCUT2D eigenvalue weighted by Crippen LogP contribution is -2.30. The Kier molecular flexibility index (Phi) is 8.29. The summed E-state index contributed by atoms with van der Waals surface area (Å²) in [5, 5.41) is 12.3. The molecule has 2 aliphatic carbocycles. The number of phenolic OH excluding ortho intramolecular Hbond substituents is 1. The quantitative estimate of drug-likeness (QED) is 0.383. The third-order valence-corrected chi connectivity index (χ3v) is 6.75. The van der Waals surface area contributed by atoms with Crippen molar-refractivity contribution in [3.05, 3.63) is 70.9 Å². The van der Waals surface area contributed by atoms with Crippen LogP contribution in [-0.2, 0) is 17.6 Å². The second kappa shape index (κ2) is 11.8. The topological polar surface area (TPSA) is 74.0 Å². The van der Waals surface area contributed by atoms with Crippen molar-refractivity contribution in [3.8, 4) is 5.75 Å². The SMILES string of the molecule is CC(=NC1=C(N=CCCC2CCCCC2)c2ccccc2CC1)NC(=O)Cc1ccc(O)cc1. The van der Waals surface area contributed by atoms with Gasteiger partial charge in [-0.3, -0.25) is 9.79 Å². The van der Waals surface area contributed by atoms with E-state index in [2.05, 4.69) is 35.8 Å². The molecule has 0 radical (unpaired) electrons. The smallest absolute Gasteiger partial charge is 0.229 e. The lowest BCUT2D eigenvalue weighted by atomic mass is 9.86. The molecule has 0 spiro atoms. The van der Waals surface area contributed by atoms with Crippen LogP contribution in [0, 0.1) is 5.92 Å². The number of carbonyl (C=O) groups excluding carboxylic acids is 1. The van der Waals surface area contributed by atoms with E-state index in [0.29, 0.717) is 5.84 Å². The predicted molar refractivity (Wildman–Crippen MR) is 139 cm³/mol. The summed E-state index contributed by atoms with van der Waals surface area (Å²) in [5.41, 5.74) is 5.14. The number of hydrogen-bond donors (Lipinski definition) is 2. The summed E-state index contributed by atoms with van der Waals surface area (Å²) >= 11 is 0. The Morgan fingerprint density at radius 2 is 1.82 bits per heavy atom. The minimum atomic E-state index is -0.124. The fraction of sp³-hybridized carbons (Fsp3) is 0.414. The Balaban J connectivity index is 1.46. The van der Waals surface area contributed by atoms with Crippen molar-refractivity contribution in [2.45, 2.75) is 71.1 Å². The van der Waals surface area contributed by atoms with E-state index in [9.17, 15) is 9.90 Å². The Morgan fingerprint density at radius 1 is 1.06 bits per heavy atom. The van der Waals surface area contributed by atoms with Gasteiger partial charge in [-0.15, -0.1) is 0 Å². The molecular weight excluding hydrogens is 422 g/mol. The largest absolute Gasteiger partial charge is 0.508 e. The highest BCUT2D eigenvalue weighted by molar-refractivity contribution is 5.98. The Bertz CT molecular complexity index is 1080. The zero-order chi connectivity index (χ0) is 23.8. The summed E-state index contributed by atoms with van der Waals surface area (Å²) in [7, 11) is 0. The summed E-state index contributed by atoms with van der Waals surface area (Å²) in [6.07, 6.45) is 13.1. The molecule has 34 heavy (non-hydrogen) atoms. The maximum atomic E-state index is 12.5. The second-order valence-corrected chi connectivity index (χ2v) is 9.43. The molecule has 5 nitrogen and oxygen atoms in total. The number of phenols is 1. The first-order valence-electron chi connectivity index (χ1n) is 12.6. The minimum Gasteiger partial charge on any atom is -0.508 e. The molecule has 0 aromatic heterocycles. The van der Waals surface area contributed by atoms with E-state index in [4.69, 9.17) is 9.98 Å². The molecule has 2 aromatic rings. The number of aromatic hydroxyl groups is 1. The monoisotopic (exact) mass is 457 g/mol. The molecule has 0 atom stereocenters. The first-order valence-corrected chi connectivity index (χ1v) is 12.6. The Labute approximate surface area is 202 Å². The van der Waals surface area contributed by atoms with Gasteiger partial charge in [0.2, 0.25) is 5.91 Å². The number of amidine groups is 1. The molecule has 4 rings (SSSR count). The van der Waals surface area contributed by atoms with E-state index in [1.807, 2.05) is 6.92 Å². The first kappa shape index (κ1) is 23.9. The van der Waals surface area contributed by atoms with Crippen molar-refractivity contribution >= 4 is 23.7 Å². The molecule has 1 amide bonds. The van der Waals surface area contributed by atoms with Gasteiger partial charge in [0.15, 0.2) is 0 Å². The average Bonchev–Trinajstić information content (AvgIpc) is 2.84. The molecule has 2 aromatic carbocycles. The van der Waals surface area contributed by atoms with Gasteiger partial charge in [-0.05, 0) is 61.8 Å². The molecule has 0 heterocycles. The first-order chi connectivity index (χ1) is 16.6. The van der Waals surface area contributed by atoms with Crippen LogP contribution in [0.4, 0.5) is 0 Å². The van der Waals surface area contributed by atoms with Crippen LogP contribution in [0.1, 0.15) is 75.0 Å². The molecule has 0 saturated heterocycles. The normalized spacial score (nSPS) is 17.1. The van der Waals surface area contributed by atoms with Crippen molar-refractivity contribution in [3.63, 3.8) is 0 Å². The Hall–Kier alpha value is -3.21. The zero-order valence-electron chi connectivity index (χ0n) is 20.1. The highest BCUT2D eigenvalue weighted by atomic mass is 16.3. The van der Waals surface area contributed by atoms with Gasteiger partial charge in [-0.2, -0.15) is 0 Å². The number of allylic oxidation sites excluding steroid dienone is 1. The summed E-state index contributed by atoms with van der Waals surface area (Å²) in [6, 6.07) is 15.1. The van der Waals surface area contributed by atoms with Crippen LogP contribution in [0.2, 0.25) is 0 Å². The molecule has 2 N–H and O–H groups in total. The minimum absolute atomic E-state index is 0.124. The van der Waals surface area contributed by atoms with E-state index >= 15 is 0 Å². The van der Waals surface area contributed by atoms with Crippen molar-refractivity contribution in [1.29, 1.82) is 0 Å². The molecule has 0 bridgehead atoms. The molecule has 0 aliphatic heterocycles. The third kappa shape index (κ3) is 6.66. The van der Waals surface area contributed by atoms with Crippen LogP contribution >= 0.6 is 0 Å². The van der Waals surface area contributed by atoms with Gasteiger partial charge < -0.3 is 10.4 Å². The summed E-state index contributed by atoms with van der Waals surface area (Å²) in [5.74, 6) is 1.49. The van der Waals surface area contributed by atoms with Crippen LogP contribution in [0.25, 0.3) is 5.70 Å². The maximum absolute atomic E-state index is 12.5.